The molecule has 0 aliphatic carbocycles. The fourth-order valence-electron chi connectivity index (χ4n) is 2.40. The second-order valence-electron chi connectivity index (χ2n) is 5.97. The maximum Gasteiger partial charge on any atom is 0.463 e. The van der Waals surface area contributed by atoms with Gasteiger partial charge < -0.3 is 18.5 Å². The second-order valence-corrected chi connectivity index (χ2v) is 7.04. The van der Waals surface area contributed by atoms with E-state index in [1.165, 1.54) is 0 Å². The van der Waals surface area contributed by atoms with E-state index in [1.807, 2.05) is 60.7 Å². The van der Waals surface area contributed by atoms with Crippen molar-refractivity contribution in [2.45, 2.75) is 13.3 Å². The van der Waals surface area contributed by atoms with Crippen LogP contribution in [0.25, 0.3) is 0 Å². The third kappa shape index (κ3) is 5.41. The summed E-state index contributed by atoms with van der Waals surface area (Å²) in [4.78, 5) is 0. The number of para-hydroxylation sites is 2. The highest BCUT2D eigenvalue weighted by molar-refractivity contribution is 7.42. The highest BCUT2D eigenvalue weighted by Crippen LogP contribution is 2.43. The smallest absolute Gasteiger partial charge is 0.418 e. The fraction of sp³-hybridized carbons (Fsp3) is 0.368. The molecule has 1 aliphatic rings. The quantitative estimate of drug-likeness (QED) is 0.632. The third-order valence-electron chi connectivity index (χ3n) is 4.06. The van der Waals surface area contributed by atoms with Crippen molar-refractivity contribution in [1.29, 1.82) is 0 Å². The van der Waals surface area contributed by atoms with Gasteiger partial charge in [0.05, 0.1) is 19.8 Å². The number of hydrogen-bond donors (Lipinski definition) is 0. The third-order valence-corrected chi connectivity index (χ3v) is 5.12. The Bertz CT molecular complexity index is 575. The van der Waals surface area contributed by atoms with E-state index in [0.29, 0.717) is 38.1 Å². The van der Waals surface area contributed by atoms with Crippen molar-refractivity contribution < 1.29 is 23.0 Å². The van der Waals surface area contributed by atoms with Crippen molar-refractivity contribution >= 4 is 8.60 Å². The van der Waals surface area contributed by atoms with Crippen LogP contribution in [0.15, 0.2) is 60.7 Å². The predicted molar refractivity (Wildman–Crippen MR) is 96.5 cm³/mol. The van der Waals surface area contributed by atoms with E-state index < -0.39 is 8.60 Å². The molecule has 2 aromatic rings. The van der Waals surface area contributed by atoms with Gasteiger partial charge in [-0.1, -0.05) is 43.3 Å². The van der Waals surface area contributed by atoms with E-state index in [-0.39, 0.29) is 5.41 Å². The van der Waals surface area contributed by atoms with Gasteiger partial charge in [-0.2, -0.15) is 0 Å². The minimum absolute atomic E-state index is 0.168. The molecule has 1 heterocycles. The normalized spacial score (nSPS) is 16.6. The van der Waals surface area contributed by atoms with E-state index >= 15 is 0 Å². The molecular formula is C19H23O5P. The Kier molecular flexibility index (Phi) is 6.65. The molecule has 0 amide bonds. The number of benzene rings is 2. The molecule has 1 aliphatic heterocycles. The Labute approximate surface area is 149 Å². The first-order valence-corrected chi connectivity index (χ1v) is 9.44. The van der Waals surface area contributed by atoms with Gasteiger partial charge in [0.25, 0.3) is 0 Å². The van der Waals surface area contributed by atoms with Gasteiger partial charge in [0.15, 0.2) is 0 Å². The van der Waals surface area contributed by atoms with Gasteiger partial charge in [0, 0.05) is 5.41 Å². The average Bonchev–Trinajstić information content (AvgIpc) is 2.68. The van der Waals surface area contributed by atoms with Gasteiger partial charge in [-0.25, -0.2) is 0 Å². The molecule has 6 heteroatoms. The standard InChI is InChI=1S/C19H23O5P/c1-2-19(13-20-16-21-14-19)15-22-25(23-17-9-5-3-6-10-17)24-18-11-7-4-8-12-18/h3-12H,2,13-16H2,1H3. The SMILES string of the molecule is CCC1(COP(Oc2ccccc2)Oc2ccccc2)COCOC1. The van der Waals surface area contributed by atoms with Gasteiger partial charge in [-0.05, 0) is 30.7 Å². The zero-order valence-electron chi connectivity index (χ0n) is 14.3. The predicted octanol–water partition coefficient (Wildman–Crippen LogP) is 4.79. The van der Waals surface area contributed by atoms with Crippen LogP contribution in [0.5, 0.6) is 11.5 Å². The number of ether oxygens (including phenoxy) is 2. The van der Waals surface area contributed by atoms with Crippen molar-refractivity contribution in [2.75, 3.05) is 26.6 Å². The van der Waals surface area contributed by atoms with E-state index in [9.17, 15) is 0 Å². The summed E-state index contributed by atoms with van der Waals surface area (Å²) in [5, 5.41) is 0. The molecule has 0 N–H and O–H groups in total. The van der Waals surface area contributed by atoms with E-state index in [2.05, 4.69) is 6.92 Å². The van der Waals surface area contributed by atoms with Crippen LogP contribution in [-0.4, -0.2) is 26.6 Å². The number of hydrogen-bond acceptors (Lipinski definition) is 5. The molecule has 0 spiro atoms. The maximum absolute atomic E-state index is 6.04. The average molecular weight is 362 g/mol. The first-order chi connectivity index (χ1) is 12.3. The van der Waals surface area contributed by atoms with Crippen LogP contribution in [0.1, 0.15) is 13.3 Å². The Morgan fingerprint density at radius 1 is 0.880 bits per heavy atom. The van der Waals surface area contributed by atoms with Gasteiger partial charge in [-0.3, -0.25) is 4.52 Å². The highest BCUT2D eigenvalue weighted by atomic mass is 31.2. The van der Waals surface area contributed by atoms with Crippen molar-refractivity contribution in [2.24, 2.45) is 5.41 Å². The van der Waals surface area contributed by atoms with Crippen LogP contribution in [-0.2, 0) is 14.0 Å². The van der Waals surface area contributed by atoms with Crippen LogP contribution in [0, 0.1) is 5.41 Å². The summed E-state index contributed by atoms with van der Waals surface area (Å²) in [6, 6.07) is 19.1. The van der Waals surface area contributed by atoms with Gasteiger partial charge in [-0.15, -0.1) is 0 Å². The molecule has 0 aromatic heterocycles. The lowest BCUT2D eigenvalue weighted by Crippen LogP contribution is -2.40. The van der Waals surface area contributed by atoms with E-state index in [1.54, 1.807) is 0 Å². The second kappa shape index (κ2) is 9.16. The molecule has 0 bridgehead atoms. The molecule has 1 fully saturated rings. The van der Waals surface area contributed by atoms with Crippen molar-refractivity contribution in [1.82, 2.24) is 0 Å². The summed E-state index contributed by atoms with van der Waals surface area (Å²) >= 11 is 0. The lowest BCUT2D eigenvalue weighted by Gasteiger charge is -2.35. The summed E-state index contributed by atoms with van der Waals surface area (Å²) in [5.74, 6) is 1.43. The van der Waals surface area contributed by atoms with Gasteiger partial charge >= 0.3 is 8.60 Å². The fourth-order valence-corrected chi connectivity index (χ4v) is 3.51. The van der Waals surface area contributed by atoms with Crippen molar-refractivity contribution in [3.63, 3.8) is 0 Å². The number of rotatable bonds is 8. The monoisotopic (exact) mass is 362 g/mol. The Hall–Kier alpha value is -1.65. The lowest BCUT2D eigenvalue weighted by atomic mass is 9.88. The molecular weight excluding hydrogens is 339 g/mol. The molecule has 3 rings (SSSR count). The summed E-state index contributed by atoms with van der Waals surface area (Å²) in [7, 11) is -1.59. The van der Waals surface area contributed by atoms with Gasteiger partial charge in [0.2, 0.25) is 0 Å². The zero-order valence-corrected chi connectivity index (χ0v) is 15.2. The maximum atomic E-state index is 6.04. The summed E-state index contributed by atoms with van der Waals surface area (Å²) in [6.07, 6.45) is 0.896. The first kappa shape index (κ1) is 18.2. The molecule has 25 heavy (non-hydrogen) atoms. The molecule has 0 saturated carbocycles. The van der Waals surface area contributed by atoms with Crippen LogP contribution in [0.2, 0.25) is 0 Å². The molecule has 2 aromatic carbocycles. The minimum atomic E-state index is -1.59. The van der Waals surface area contributed by atoms with Crippen LogP contribution >= 0.6 is 8.60 Å². The molecule has 5 nitrogen and oxygen atoms in total. The molecule has 134 valence electrons. The molecule has 0 unspecified atom stereocenters. The molecule has 0 radical (unpaired) electrons. The van der Waals surface area contributed by atoms with E-state index in [4.69, 9.17) is 23.0 Å². The van der Waals surface area contributed by atoms with E-state index in [0.717, 1.165) is 6.42 Å². The Balaban J connectivity index is 1.67. The van der Waals surface area contributed by atoms with Crippen LogP contribution in [0.4, 0.5) is 0 Å². The topological polar surface area (TPSA) is 46.2 Å². The van der Waals surface area contributed by atoms with Crippen LogP contribution in [0.3, 0.4) is 0 Å². The lowest BCUT2D eigenvalue weighted by molar-refractivity contribution is -0.174. The highest BCUT2D eigenvalue weighted by Gasteiger charge is 2.35. The summed E-state index contributed by atoms with van der Waals surface area (Å²) < 4.78 is 28.9. The zero-order chi connectivity index (χ0) is 17.4. The van der Waals surface area contributed by atoms with Crippen LogP contribution < -0.4 is 9.05 Å². The van der Waals surface area contributed by atoms with Crippen molar-refractivity contribution in [3.8, 4) is 11.5 Å². The first-order valence-electron chi connectivity index (χ1n) is 8.34. The minimum Gasteiger partial charge on any atom is -0.418 e. The summed E-state index contributed by atoms with van der Waals surface area (Å²) in [6.45, 7) is 4.14. The molecule has 1 saturated heterocycles. The largest absolute Gasteiger partial charge is 0.463 e. The van der Waals surface area contributed by atoms with Crippen molar-refractivity contribution in [3.05, 3.63) is 60.7 Å². The van der Waals surface area contributed by atoms with Gasteiger partial charge in [0.1, 0.15) is 18.3 Å². The molecule has 0 atom stereocenters. The summed E-state index contributed by atoms with van der Waals surface area (Å²) in [5.41, 5.74) is -0.168. The Morgan fingerprint density at radius 2 is 1.40 bits per heavy atom. The Morgan fingerprint density at radius 3 is 1.88 bits per heavy atom.